The largest absolute Gasteiger partial charge is 0.379 e. The maximum atomic E-state index is 12.4. The topological polar surface area (TPSA) is 116 Å². The van der Waals surface area contributed by atoms with Gasteiger partial charge in [0.25, 0.3) is 5.56 Å². The van der Waals surface area contributed by atoms with E-state index in [1.54, 1.807) is 25.5 Å². The molecule has 0 radical (unpaired) electrons. The van der Waals surface area contributed by atoms with Gasteiger partial charge in [-0.15, -0.1) is 0 Å². The fourth-order valence-corrected chi connectivity index (χ4v) is 3.21. The van der Waals surface area contributed by atoms with E-state index in [1.807, 2.05) is 16.7 Å². The Morgan fingerprint density at radius 1 is 1.27 bits per heavy atom. The number of aromatic nitrogens is 4. The molecule has 1 amide bonds. The molecule has 30 heavy (non-hydrogen) atoms. The minimum Gasteiger partial charge on any atom is -0.379 e. The smallest absolute Gasteiger partial charge is 0.269 e. The number of nitrogens with zero attached hydrogens (tertiary/aromatic N) is 5. The van der Waals surface area contributed by atoms with Crippen LogP contribution in [0.1, 0.15) is 18.9 Å². The van der Waals surface area contributed by atoms with Gasteiger partial charge in [0.2, 0.25) is 11.9 Å². The lowest BCUT2D eigenvalue weighted by molar-refractivity contribution is -0.132. The van der Waals surface area contributed by atoms with Crippen molar-refractivity contribution >= 4 is 29.1 Å². The van der Waals surface area contributed by atoms with Gasteiger partial charge in [-0.3, -0.25) is 9.59 Å². The van der Waals surface area contributed by atoms with E-state index in [9.17, 15) is 9.59 Å². The number of nitrogens with one attached hydrogen (secondary N) is 2. The van der Waals surface area contributed by atoms with Crippen molar-refractivity contribution in [2.24, 2.45) is 0 Å². The number of anilines is 2. The highest BCUT2D eigenvalue weighted by Gasteiger charge is 2.22. The van der Waals surface area contributed by atoms with E-state index in [0.29, 0.717) is 68.0 Å². The molecule has 2 N–H and O–H groups in total. The Bertz CT molecular complexity index is 898. The van der Waals surface area contributed by atoms with Crippen LogP contribution in [0.2, 0.25) is 5.02 Å². The third kappa shape index (κ3) is 5.90. The van der Waals surface area contributed by atoms with Gasteiger partial charge in [0.15, 0.2) is 0 Å². The van der Waals surface area contributed by atoms with Gasteiger partial charge in [-0.25, -0.2) is 15.1 Å². The summed E-state index contributed by atoms with van der Waals surface area (Å²) in [6, 6.07) is -0.0228. The average Bonchev–Trinajstić information content (AvgIpc) is 2.75. The van der Waals surface area contributed by atoms with Gasteiger partial charge in [0, 0.05) is 37.8 Å². The van der Waals surface area contributed by atoms with E-state index in [2.05, 4.69) is 25.5 Å². The molecular weight excluding hydrogens is 410 g/mol. The van der Waals surface area contributed by atoms with Crippen molar-refractivity contribution in [2.75, 3.05) is 49.6 Å². The Morgan fingerprint density at radius 2 is 1.97 bits per heavy atom. The standard InChI is InChI=1S/C19H26ClN7O3/c1-13(24-16-11-23-25-18(29)14(16)2)12-30-8-3-17(28)26-4-6-27(7-5-26)19-21-9-15(20)10-22-19/h9-11,13H,3-8,12H2,1-2H3,(H2,24,25,29)/t13-/m0/s1. The average molecular weight is 436 g/mol. The molecule has 2 aromatic rings. The second-order valence-electron chi connectivity index (χ2n) is 7.18. The molecule has 0 saturated carbocycles. The number of rotatable bonds is 8. The third-order valence-corrected chi connectivity index (χ3v) is 5.05. The number of carbonyl (C=O) groups is 1. The summed E-state index contributed by atoms with van der Waals surface area (Å²) in [4.78, 5) is 36.3. The van der Waals surface area contributed by atoms with Crippen molar-refractivity contribution in [2.45, 2.75) is 26.3 Å². The number of hydrogen-bond acceptors (Lipinski definition) is 8. The Morgan fingerprint density at radius 3 is 2.67 bits per heavy atom. The number of ether oxygens (including phenoxy) is 1. The van der Waals surface area contributed by atoms with Crippen LogP contribution in [0.25, 0.3) is 0 Å². The van der Waals surface area contributed by atoms with Gasteiger partial charge in [0.05, 0.1) is 48.9 Å². The van der Waals surface area contributed by atoms with Crippen molar-refractivity contribution in [3.63, 3.8) is 0 Å². The van der Waals surface area contributed by atoms with Crippen LogP contribution >= 0.6 is 11.6 Å². The van der Waals surface area contributed by atoms with Gasteiger partial charge < -0.3 is 19.9 Å². The molecule has 1 aliphatic rings. The van der Waals surface area contributed by atoms with Crippen LogP contribution in [0.3, 0.4) is 0 Å². The molecule has 0 aliphatic carbocycles. The lowest BCUT2D eigenvalue weighted by Gasteiger charge is -2.34. The second-order valence-corrected chi connectivity index (χ2v) is 7.61. The molecule has 2 aromatic heterocycles. The predicted molar refractivity (Wildman–Crippen MR) is 114 cm³/mol. The minimum atomic E-state index is -0.221. The highest BCUT2D eigenvalue weighted by Crippen LogP contribution is 2.13. The van der Waals surface area contributed by atoms with Crippen LogP contribution in [0, 0.1) is 6.92 Å². The van der Waals surface area contributed by atoms with Crippen molar-refractivity contribution in [1.29, 1.82) is 0 Å². The quantitative estimate of drug-likeness (QED) is 0.591. The first-order valence-electron chi connectivity index (χ1n) is 9.83. The van der Waals surface area contributed by atoms with Crippen LogP contribution in [0.15, 0.2) is 23.4 Å². The van der Waals surface area contributed by atoms with Crippen LogP contribution < -0.4 is 15.8 Å². The fraction of sp³-hybridized carbons (Fsp3) is 0.526. The molecule has 1 atom stereocenters. The number of hydrogen-bond donors (Lipinski definition) is 2. The summed E-state index contributed by atoms with van der Waals surface area (Å²) in [5.74, 6) is 0.698. The summed E-state index contributed by atoms with van der Waals surface area (Å²) in [7, 11) is 0. The van der Waals surface area contributed by atoms with Crippen molar-refractivity contribution in [3.05, 3.63) is 39.5 Å². The van der Waals surface area contributed by atoms with Crippen LogP contribution in [-0.2, 0) is 9.53 Å². The zero-order chi connectivity index (χ0) is 21.5. The summed E-state index contributed by atoms with van der Waals surface area (Å²) in [6.07, 6.45) is 5.05. The van der Waals surface area contributed by atoms with E-state index < -0.39 is 0 Å². The first kappa shape index (κ1) is 22.0. The summed E-state index contributed by atoms with van der Waals surface area (Å²) >= 11 is 5.82. The Hall–Kier alpha value is -2.72. The van der Waals surface area contributed by atoms with Crippen LogP contribution in [-0.4, -0.2) is 76.4 Å². The molecular formula is C19H26ClN7O3. The first-order valence-corrected chi connectivity index (χ1v) is 10.2. The van der Waals surface area contributed by atoms with E-state index >= 15 is 0 Å². The van der Waals surface area contributed by atoms with Crippen molar-refractivity contribution < 1.29 is 9.53 Å². The SMILES string of the molecule is Cc1c(N[C@@H](C)COCCC(=O)N2CCN(c3ncc(Cl)cn3)CC2)cn[nH]c1=O. The molecule has 10 nitrogen and oxygen atoms in total. The Labute approximate surface area is 179 Å². The number of amides is 1. The van der Waals surface area contributed by atoms with E-state index in [-0.39, 0.29) is 17.5 Å². The maximum Gasteiger partial charge on any atom is 0.269 e. The van der Waals surface area contributed by atoms with Crippen molar-refractivity contribution in [3.8, 4) is 0 Å². The van der Waals surface area contributed by atoms with E-state index in [0.717, 1.165) is 0 Å². The second kappa shape index (κ2) is 10.4. The highest BCUT2D eigenvalue weighted by atomic mass is 35.5. The lowest BCUT2D eigenvalue weighted by atomic mass is 10.2. The van der Waals surface area contributed by atoms with Crippen LogP contribution in [0.4, 0.5) is 11.6 Å². The molecule has 11 heteroatoms. The lowest BCUT2D eigenvalue weighted by Crippen LogP contribution is -2.49. The summed E-state index contributed by atoms with van der Waals surface area (Å²) in [5.41, 5.74) is 1.03. The normalized spacial score (nSPS) is 15.2. The van der Waals surface area contributed by atoms with E-state index in [4.69, 9.17) is 16.3 Å². The van der Waals surface area contributed by atoms with Crippen LogP contribution in [0.5, 0.6) is 0 Å². The molecule has 0 spiro atoms. The highest BCUT2D eigenvalue weighted by molar-refractivity contribution is 6.30. The zero-order valence-electron chi connectivity index (χ0n) is 17.1. The Kier molecular flexibility index (Phi) is 7.58. The molecule has 3 heterocycles. The number of aromatic amines is 1. The molecule has 0 aromatic carbocycles. The fourth-order valence-electron chi connectivity index (χ4n) is 3.11. The number of halogens is 1. The number of carbonyl (C=O) groups excluding carboxylic acids is 1. The van der Waals surface area contributed by atoms with E-state index in [1.165, 1.54) is 0 Å². The molecule has 162 valence electrons. The van der Waals surface area contributed by atoms with Gasteiger partial charge in [-0.05, 0) is 13.8 Å². The predicted octanol–water partition coefficient (Wildman–Crippen LogP) is 1.08. The molecule has 1 aliphatic heterocycles. The van der Waals surface area contributed by atoms with Gasteiger partial charge in [-0.1, -0.05) is 11.6 Å². The van der Waals surface area contributed by atoms with Crippen molar-refractivity contribution in [1.82, 2.24) is 25.1 Å². The molecule has 1 saturated heterocycles. The number of piperazine rings is 1. The zero-order valence-corrected chi connectivity index (χ0v) is 17.9. The summed E-state index contributed by atoms with van der Waals surface area (Å²) in [5, 5.41) is 9.88. The van der Waals surface area contributed by atoms with Gasteiger partial charge in [0.1, 0.15) is 0 Å². The molecule has 0 bridgehead atoms. The molecule has 1 fully saturated rings. The first-order chi connectivity index (χ1) is 14.4. The summed E-state index contributed by atoms with van der Waals surface area (Å²) in [6.45, 7) is 7.04. The van der Waals surface area contributed by atoms with Gasteiger partial charge >= 0.3 is 0 Å². The Balaban J connectivity index is 1.34. The minimum absolute atomic E-state index is 0.0228. The molecule has 3 rings (SSSR count). The number of H-pyrrole nitrogens is 1. The third-order valence-electron chi connectivity index (χ3n) is 4.86. The van der Waals surface area contributed by atoms with Gasteiger partial charge in [-0.2, -0.15) is 5.10 Å². The maximum absolute atomic E-state index is 12.4. The molecule has 0 unspecified atom stereocenters. The monoisotopic (exact) mass is 435 g/mol. The summed E-state index contributed by atoms with van der Waals surface area (Å²) < 4.78 is 5.64.